The summed E-state index contributed by atoms with van der Waals surface area (Å²) >= 11 is 5.89. The molecule has 2 rings (SSSR count). The van der Waals surface area contributed by atoms with Crippen LogP contribution in [0, 0.1) is 0 Å². The van der Waals surface area contributed by atoms with Crippen molar-refractivity contribution >= 4 is 28.6 Å². The van der Waals surface area contributed by atoms with Crippen molar-refractivity contribution in [3.63, 3.8) is 0 Å². The van der Waals surface area contributed by atoms with E-state index in [4.69, 9.17) is 21.8 Å². The molecular weight excluding hydrogens is 256 g/mol. The summed E-state index contributed by atoms with van der Waals surface area (Å²) in [6.45, 7) is 0.376. The second-order valence-electron chi connectivity index (χ2n) is 3.93. The van der Waals surface area contributed by atoms with Crippen LogP contribution in [0.1, 0.15) is 12.2 Å². The van der Waals surface area contributed by atoms with Crippen LogP contribution in [0.2, 0.25) is 5.02 Å². The largest absolute Gasteiger partial charge is 0.481 e. The molecule has 0 unspecified atom stereocenters. The van der Waals surface area contributed by atoms with E-state index in [-0.39, 0.29) is 13.0 Å². The molecule has 0 saturated carbocycles. The molecule has 96 valence electrons. The van der Waals surface area contributed by atoms with Crippen molar-refractivity contribution in [2.24, 2.45) is 0 Å². The number of aliphatic carboxylic acids is 1. The maximum Gasteiger partial charge on any atom is 0.303 e. The molecule has 0 aliphatic carbocycles. The summed E-state index contributed by atoms with van der Waals surface area (Å²) in [4.78, 5) is 15.0. The monoisotopic (exact) mass is 268 g/mol. The summed E-state index contributed by atoms with van der Waals surface area (Å²) in [5.41, 5.74) is 1.57. The Bertz CT molecular complexity index is 580. The molecule has 0 amide bonds. The number of carboxylic acids is 1. The maximum absolute atomic E-state index is 10.6. The van der Waals surface area contributed by atoms with Crippen molar-refractivity contribution in [3.05, 3.63) is 29.0 Å². The molecule has 5 nitrogen and oxygen atoms in total. The smallest absolute Gasteiger partial charge is 0.303 e. The highest BCUT2D eigenvalue weighted by molar-refractivity contribution is 6.31. The fourth-order valence-electron chi connectivity index (χ4n) is 1.91. The molecule has 1 aromatic carbocycles. The Morgan fingerprint density at radius 2 is 2.22 bits per heavy atom. The number of benzene rings is 1. The number of carbonyl (C=O) groups is 1. The SMILES string of the molecule is O=C(O)CCc1nc2cc(Cl)ccc2n1CCO. The number of nitrogens with zero attached hydrogens (tertiary/aromatic N) is 2. The minimum absolute atomic E-state index is 0.0164. The first-order valence-corrected chi connectivity index (χ1v) is 5.97. The molecule has 0 atom stereocenters. The average Bonchev–Trinajstić information content (AvgIpc) is 2.64. The molecule has 6 heteroatoms. The zero-order valence-corrected chi connectivity index (χ0v) is 10.4. The highest BCUT2D eigenvalue weighted by Gasteiger charge is 2.11. The van der Waals surface area contributed by atoms with Gasteiger partial charge in [0.1, 0.15) is 5.82 Å². The molecule has 0 bridgehead atoms. The van der Waals surface area contributed by atoms with Crippen LogP contribution < -0.4 is 0 Å². The summed E-state index contributed by atoms with van der Waals surface area (Å²) in [5.74, 6) is -0.209. The van der Waals surface area contributed by atoms with E-state index in [9.17, 15) is 4.79 Å². The number of aryl methyl sites for hydroxylation is 1. The summed E-state index contributed by atoms with van der Waals surface area (Å²) < 4.78 is 1.83. The van der Waals surface area contributed by atoms with Gasteiger partial charge in [-0.25, -0.2) is 4.98 Å². The molecule has 0 fully saturated rings. The van der Waals surface area contributed by atoms with E-state index >= 15 is 0 Å². The molecule has 2 N–H and O–H groups in total. The van der Waals surface area contributed by atoms with Crippen molar-refractivity contribution < 1.29 is 15.0 Å². The lowest BCUT2D eigenvalue weighted by Crippen LogP contribution is -2.09. The molecule has 18 heavy (non-hydrogen) atoms. The van der Waals surface area contributed by atoms with Gasteiger partial charge in [0.05, 0.1) is 24.1 Å². The second kappa shape index (κ2) is 5.37. The zero-order valence-electron chi connectivity index (χ0n) is 9.64. The minimum Gasteiger partial charge on any atom is -0.481 e. The van der Waals surface area contributed by atoms with E-state index in [0.717, 1.165) is 11.0 Å². The molecule has 1 heterocycles. The molecule has 0 aliphatic rings. The number of aromatic nitrogens is 2. The molecule has 0 radical (unpaired) electrons. The Hall–Kier alpha value is -1.59. The van der Waals surface area contributed by atoms with Gasteiger partial charge >= 0.3 is 5.97 Å². The maximum atomic E-state index is 10.6. The third-order valence-electron chi connectivity index (χ3n) is 2.68. The highest BCUT2D eigenvalue weighted by Crippen LogP contribution is 2.21. The van der Waals surface area contributed by atoms with Crippen LogP contribution in [-0.2, 0) is 17.8 Å². The van der Waals surface area contributed by atoms with E-state index < -0.39 is 5.97 Å². The van der Waals surface area contributed by atoms with Crippen molar-refractivity contribution in [2.45, 2.75) is 19.4 Å². The lowest BCUT2D eigenvalue weighted by molar-refractivity contribution is -0.137. The molecule has 0 spiro atoms. The number of aliphatic hydroxyl groups is 1. The topological polar surface area (TPSA) is 75.3 Å². The van der Waals surface area contributed by atoms with Crippen LogP contribution in [0.3, 0.4) is 0 Å². The van der Waals surface area contributed by atoms with E-state index in [1.54, 1.807) is 12.1 Å². The number of aliphatic hydroxyl groups excluding tert-OH is 1. The Labute approximate surface area is 109 Å². The van der Waals surface area contributed by atoms with Crippen LogP contribution in [0.5, 0.6) is 0 Å². The van der Waals surface area contributed by atoms with Gasteiger partial charge in [-0.2, -0.15) is 0 Å². The first-order valence-electron chi connectivity index (χ1n) is 5.59. The second-order valence-corrected chi connectivity index (χ2v) is 4.37. The van der Waals surface area contributed by atoms with E-state index in [2.05, 4.69) is 4.98 Å². The summed E-state index contributed by atoms with van der Waals surface area (Å²) in [5, 5.41) is 18.4. The van der Waals surface area contributed by atoms with E-state index in [1.165, 1.54) is 0 Å². The van der Waals surface area contributed by atoms with Gasteiger partial charge in [-0.3, -0.25) is 4.79 Å². The van der Waals surface area contributed by atoms with Gasteiger partial charge in [0, 0.05) is 18.0 Å². The predicted molar refractivity (Wildman–Crippen MR) is 67.8 cm³/mol. The van der Waals surface area contributed by atoms with Crippen molar-refractivity contribution in [1.82, 2.24) is 9.55 Å². The van der Waals surface area contributed by atoms with E-state index in [0.29, 0.717) is 23.8 Å². The van der Waals surface area contributed by atoms with Crippen LogP contribution in [-0.4, -0.2) is 32.3 Å². The number of hydrogen-bond donors (Lipinski definition) is 2. The molecule has 1 aromatic heterocycles. The summed E-state index contributed by atoms with van der Waals surface area (Å²) in [6, 6.07) is 5.31. The van der Waals surface area contributed by atoms with Gasteiger partial charge in [0.15, 0.2) is 0 Å². The molecular formula is C12H13ClN2O3. The number of halogens is 1. The van der Waals surface area contributed by atoms with Crippen LogP contribution in [0.25, 0.3) is 11.0 Å². The first-order chi connectivity index (χ1) is 8.61. The molecule has 0 saturated heterocycles. The predicted octanol–water partition coefficient (Wildman–Crippen LogP) is 1.70. The van der Waals surface area contributed by atoms with Crippen LogP contribution in [0.4, 0.5) is 0 Å². The Kier molecular flexibility index (Phi) is 3.84. The number of hydrogen-bond acceptors (Lipinski definition) is 3. The van der Waals surface area contributed by atoms with Gasteiger partial charge < -0.3 is 14.8 Å². The summed E-state index contributed by atoms with van der Waals surface area (Å²) in [6.07, 6.45) is 0.351. The third-order valence-corrected chi connectivity index (χ3v) is 2.91. The average molecular weight is 269 g/mol. The normalized spacial score (nSPS) is 11.0. The quantitative estimate of drug-likeness (QED) is 0.865. The highest BCUT2D eigenvalue weighted by atomic mass is 35.5. The lowest BCUT2D eigenvalue weighted by Gasteiger charge is -2.06. The number of carboxylic acid groups (broad SMARTS) is 1. The first kappa shape index (κ1) is 12.9. The summed E-state index contributed by atoms with van der Waals surface area (Å²) in [7, 11) is 0. The van der Waals surface area contributed by atoms with Crippen molar-refractivity contribution in [1.29, 1.82) is 0 Å². The van der Waals surface area contributed by atoms with Gasteiger partial charge in [0.2, 0.25) is 0 Å². The van der Waals surface area contributed by atoms with Crippen LogP contribution in [0.15, 0.2) is 18.2 Å². The Morgan fingerprint density at radius 1 is 1.44 bits per heavy atom. The standard InChI is InChI=1S/C12H13ClN2O3/c13-8-1-2-10-9(7-8)14-11(3-4-12(17)18)15(10)5-6-16/h1-2,7,16H,3-6H2,(H,17,18). The number of imidazole rings is 1. The fraction of sp³-hybridized carbons (Fsp3) is 0.333. The molecule has 0 aliphatic heterocycles. The lowest BCUT2D eigenvalue weighted by atomic mass is 10.3. The minimum atomic E-state index is -0.865. The van der Waals surface area contributed by atoms with Gasteiger partial charge in [-0.1, -0.05) is 11.6 Å². The van der Waals surface area contributed by atoms with Crippen LogP contribution >= 0.6 is 11.6 Å². The zero-order chi connectivity index (χ0) is 13.1. The number of rotatable bonds is 5. The Morgan fingerprint density at radius 3 is 2.89 bits per heavy atom. The third kappa shape index (κ3) is 2.63. The van der Waals surface area contributed by atoms with E-state index in [1.807, 2.05) is 10.6 Å². The molecule has 2 aromatic rings. The fourth-order valence-corrected chi connectivity index (χ4v) is 2.08. The van der Waals surface area contributed by atoms with Crippen molar-refractivity contribution in [3.8, 4) is 0 Å². The van der Waals surface area contributed by atoms with Crippen molar-refractivity contribution in [2.75, 3.05) is 6.61 Å². The van der Waals surface area contributed by atoms with Gasteiger partial charge in [0.25, 0.3) is 0 Å². The van der Waals surface area contributed by atoms with Gasteiger partial charge in [-0.05, 0) is 18.2 Å². The van der Waals surface area contributed by atoms with Gasteiger partial charge in [-0.15, -0.1) is 0 Å². The Balaban J connectivity index is 2.43. The number of fused-ring (bicyclic) bond motifs is 1.